The summed E-state index contributed by atoms with van der Waals surface area (Å²) in [5.41, 5.74) is 5.17. The number of nitrogen functional groups attached to an aromatic ring is 1. The number of nitrogens with zero attached hydrogens (tertiary/aromatic N) is 1. The van der Waals surface area contributed by atoms with Crippen LogP contribution in [-0.2, 0) is 14.8 Å². The second-order valence-corrected chi connectivity index (χ2v) is 7.11. The third-order valence-electron chi connectivity index (χ3n) is 3.64. The first-order chi connectivity index (χ1) is 12.1. The third kappa shape index (κ3) is 2.73. The van der Waals surface area contributed by atoms with Crippen molar-refractivity contribution in [3.63, 3.8) is 0 Å². The van der Waals surface area contributed by atoms with Gasteiger partial charge in [-0.1, -0.05) is 0 Å². The highest BCUT2D eigenvalue weighted by Gasteiger charge is 2.31. The Labute approximate surface area is 146 Å². The first kappa shape index (κ1) is 17.4. The summed E-state index contributed by atoms with van der Waals surface area (Å²) in [7, 11) is -4.03. The highest BCUT2D eigenvalue weighted by atomic mass is 32.2. The van der Waals surface area contributed by atoms with Gasteiger partial charge in [-0.05, 0) is 24.3 Å². The molecule has 1 aromatic heterocycles. The van der Waals surface area contributed by atoms with Crippen LogP contribution in [0.4, 0.5) is 5.82 Å². The largest absolute Gasteiger partial charge is 0.384 e. The van der Waals surface area contributed by atoms with E-state index in [4.69, 9.17) is 5.73 Å². The molecule has 0 radical (unpaired) electrons. The predicted molar refractivity (Wildman–Crippen MR) is 89.3 cm³/mol. The molecule has 0 spiro atoms. The first-order valence-electron chi connectivity index (χ1n) is 7.17. The van der Waals surface area contributed by atoms with Crippen molar-refractivity contribution in [1.29, 1.82) is 0 Å². The third-order valence-corrected chi connectivity index (χ3v) is 5.09. The van der Waals surface area contributed by atoms with Crippen molar-refractivity contribution >= 4 is 33.6 Å². The monoisotopic (exact) mass is 376 g/mol. The number of rotatable bonds is 3. The molecular weight excluding hydrogens is 364 g/mol. The highest BCUT2D eigenvalue weighted by molar-refractivity contribution is 7.90. The Kier molecular flexibility index (Phi) is 3.88. The molecule has 1 aromatic carbocycles. The predicted octanol–water partition coefficient (Wildman–Crippen LogP) is -0.872. The molecule has 2 heterocycles. The SMILES string of the molecule is CC(=O)NS(=O)(=O)c1ccc(-n2c(N)c3c(cc2=O)C(=O)NC3=O)cc1. The van der Waals surface area contributed by atoms with Gasteiger partial charge in [0.15, 0.2) is 0 Å². The summed E-state index contributed by atoms with van der Waals surface area (Å²) in [4.78, 5) is 46.5. The van der Waals surface area contributed by atoms with Crippen molar-refractivity contribution in [3.05, 3.63) is 51.8 Å². The summed E-state index contributed by atoms with van der Waals surface area (Å²) in [6, 6.07) is 5.89. The lowest BCUT2D eigenvalue weighted by Gasteiger charge is -2.12. The second kappa shape index (κ2) is 5.81. The van der Waals surface area contributed by atoms with E-state index in [1.807, 2.05) is 10.0 Å². The smallest absolute Gasteiger partial charge is 0.264 e. The first-order valence-corrected chi connectivity index (χ1v) is 8.65. The van der Waals surface area contributed by atoms with Crippen LogP contribution in [0.1, 0.15) is 27.6 Å². The molecule has 0 saturated carbocycles. The van der Waals surface area contributed by atoms with Gasteiger partial charge in [0, 0.05) is 13.0 Å². The fourth-order valence-corrected chi connectivity index (χ4v) is 3.56. The molecule has 0 fully saturated rings. The number of nitrogens with two attached hydrogens (primary N) is 1. The van der Waals surface area contributed by atoms with Crippen LogP contribution in [0.5, 0.6) is 0 Å². The van der Waals surface area contributed by atoms with Crippen molar-refractivity contribution < 1.29 is 22.8 Å². The summed E-state index contributed by atoms with van der Waals surface area (Å²) >= 11 is 0. The number of pyridine rings is 1. The van der Waals surface area contributed by atoms with E-state index in [1.54, 1.807) is 0 Å². The van der Waals surface area contributed by atoms with Gasteiger partial charge in [-0.25, -0.2) is 13.1 Å². The Morgan fingerprint density at radius 2 is 1.73 bits per heavy atom. The number of amides is 3. The molecule has 0 unspecified atom stereocenters. The summed E-state index contributed by atoms with van der Waals surface area (Å²) in [5.74, 6) is -2.42. The number of carbonyl (C=O) groups is 3. The second-order valence-electron chi connectivity index (χ2n) is 5.43. The molecule has 2 aromatic rings. The van der Waals surface area contributed by atoms with E-state index in [2.05, 4.69) is 0 Å². The van der Waals surface area contributed by atoms with Crippen LogP contribution in [-0.4, -0.2) is 30.7 Å². The highest BCUT2D eigenvalue weighted by Crippen LogP contribution is 2.23. The van der Waals surface area contributed by atoms with Crippen LogP contribution in [0.3, 0.4) is 0 Å². The van der Waals surface area contributed by atoms with Crippen LogP contribution >= 0.6 is 0 Å². The molecule has 134 valence electrons. The summed E-state index contributed by atoms with van der Waals surface area (Å²) in [6.45, 7) is 1.06. The van der Waals surface area contributed by atoms with Gasteiger partial charge in [0.25, 0.3) is 27.4 Å². The zero-order chi connectivity index (χ0) is 19.2. The number of hydrogen-bond acceptors (Lipinski definition) is 7. The molecule has 4 N–H and O–H groups in total. The molecule has 10 nitrogen and oxygen atoms in total. The van der Waals surface area contributed by atoms with Crippen LogP contribution in [0, 0.1) is 0 Å². The Balaban J connectivity index is 2.11. The maximum atomic E-state index is 12.3. The fraction of sp³-hybridized carbons (Fsp3) is 0.0667. The normalized spacial score (nSPS) is 13.3. The van der Waals surface area contributed by atoms with E-state index in [0.29, 0.717) is 0 Å². The number of sulfonamides is 1. The summed E-state index contributed by atoms with van der Waals surface area (Å²) in [6.07, 6.45) is 0. The molecular formula is C15H12N4O6S. The van der Waals surface area contributed by atoms with E-state index in [0.717, 1.165) is 17.6 Å². The van der Waals surface area contributed by atoms with Crippen LogP contribution in [0.25, 0.3) is 5.69 Å². The van der Waals surface area contributed by atoms with Crippen molar-refractivity contribution in [2.75, 3.05) is 5.73 Å². The molecule has 1 aliphatic heterocycles. The molecule has 3 amide bonds. The maximum Gasteiger partial charge on any atom is 0.264 e. The van der Waals surface area contributed by atoms with Gasteiger partial charge in [-0.2, -0.15) is 0 Å². The molecule has 11 heteroatoms. The van der Waals surface area contributed by atoms with E-state index >= 15 is 0 Å². The van der Waals surface area contributed by atoms with Crippen molar-refractivity contribution in [2.24, 2.45) is 0 Å². The molecule has 1 aliphatic rings. The van der Waals surface area contributed by atoms with Crippen LogP contribution in [0.2, 0.25) is 0 Å². The lowest BCUT2D eigenvalue weighted by molar-refractivity contribution is -0.117. The van der Waals surface area contributed by atoms with Gasteiger partial charge >= 0.3 is 0 Å². The van der Waals surface area contributed by atoms with Gasteiger partial charge in [0.1, 0.15) is 5.82 Å². The van der Waals surface area contributed by atoms with E-state index in [1.165, 1.54) is 24.3 Å². The molecule has 0 aliphatic carbocycles. The van der Waals surface area contributed by atoms with Gasteiger partial charge < -0.3 is 5.73 Å². The number of carbonyl (C=O) groups excluding carboxylic acids is 3. The molecule has 0 atom stereocenters. The van der Waals surface area contributed by atoms with Crippen LogP contribution in [0.15, 0.2) is 40.0 Å². The lowest BCUT2D eigenvalue weighted by atomic mass is 10.1. The fourth-order valence-electron chi connectivity index (χ4n) is 2.57. The number of benzene rings is 1. The average Bonchev–Trinajstić information content (AvgIpc) is 2.81. The Morgan fingerprint density at radius 1 is 1.12 bits per heavy atom. The Morgan fingerprint density at radius 3 is 2.31 bits per heavy atom. The number of anilines is 1. The van der Waals surface area contributed by atoms with E-state index < -0.39 is 33.3 Å². The number of imide groups is 1. The van der Waals surface area contributed by atoms with Gasteiger partial charge in [0.05, 0.1) is 21.7 Å². The number of aromatic nitrogens is 1. The zero-order valence-corrected chi connectivity index (χ0v) is 14.1. The Hall–Kier alpha value is -3.47. The van der Waals surface area contributed by atoms with Gasteiger partial charge in [-0.15, -0.1) is 0 Å². The van der Waals surface area contributed by atoms with Crippen LogP contribution < -0.4 is 21.3 Å². The zero-order valence-electron chi connectivity index (χ0n) is 13.3. The van der Waals surface area contributed by atoms with Crippen molar-refractivity contribution in [3.8, 4) is 5.69 Å². The Bertz CT molecular complexity index is 1130. The minimum Gasteiger partial charge on any atom is -0.384 e. The summed E-state index contributed by atoms with van der Waals surface area (Å²) in [5, 5.41) is 2.05. The van der Waals surface area contributed by atoms with E-state index in [9.17, 15) is 27.6 Å². The van der Waals surface area contributed by atoms with Gasteiger partial charge in [-0.3, -0.25) is 29.1 Å². The quantitative estimate of drug-likeness (QED) is 0.587. The minimum absolute atomic E-state index is 0.112. The number of fused-ring (bicyclic) bond motifs is 1. The number of hydrogen-bond donors (Lipinski definition) is 3. The molecule has 0 bridgehead atoms. The standard InChI is InChI=1S/C15H12N4O6S/c1-7(20)18-26(24,25)9-4-2-8(3-5-9)19-11(21)6-10-12(13(19)16)15(23)17-14(10)22/h2-6H,16H2,1H3,(H,18,20)(H,17,22,23). The summed E-state index contributed by atoms with van der Waals surface area (Å²) < 4.78 is 26.7. The van der Waals surface area contributed by atoms with Gasteiger partial charge in [0.2, 0.25) is 5.91 Å². The molecule has 26 heavy (non-hydrogen) atoms. The van der Waals surface area contributed by atoms with E-state index in [-0.39, 0.29) is 27.5 Å². The maximum absolute atomic E-state index is 12.3. The van der Waals surface area contributed by atoms with Crippen molar-refractivity contribution in [2.45, 2.75) is 11.8 Å². The lowest BCUT2D eigenvalue weighted by Crippen LogP contribution is -2.28. The van der Waals surface area contributed by atoms with Crippen molar-refractivity contribution in [1.82, 2.24) is 14.6 Å². The molecule has 0 saturated heterocycles. The minimum atomic E-state index is -4.03. The number of nitrogens with one attached hydrogen (secondary N) is 2. The topological polar surface area (TPSA) is 157 Å². The molecule has 3 rings (SSSR count). The average molecular weight is 376 g/mol.